The molecule has 1 fully saturated rings. The van der Waals surface area contributed by atoms with E-state index >= 15 is 0 Å². The van der Waals surface area contributed by atoms with Crippen LogP contribution in [0.15, 0.2) is 18.2 Å². The maximum absolute atomic E-state index is 11.5. The monoisotopic (exact) mass is 249 g/mol. The molecule has 0 radical (unpaired) electrons. The predicted molar refractivity (Wildman–Crippen MR) is 70.1 cm³/mol. The Hall–Kier alpha value is -1.71. The van der Waals surface area contributed by atoms with Crippen LogP contribution in [-0.4, -0.2) is 33.3 Å². The number of anilines is 1. The number of ether oxygens (including phenoxy) is 2. The number of methoxy groups -OCH3 is 2. The summed E-state index contributed by atoms with van der Waals surface area (Å²) in [6, 6.07) is 6.09. The molecule has 1 aromatic rings. The first-order valence-electron chi connectivity index (χ1n) is 6.13. The van der Waals surface area contributed by atoms with E-state index in [1.165, 1.54) is 12.7 Å². The van der Waals surface area contributed by atoms with Crippen molar-refractivity contribution >= 4 is 11.7 Å². The molecule has 4 heteroatoms. The highest BCUT2D eigenvalue weighted by Gasteiger charge is 2.30. The maximum atomic E-state index is 11.5. The maximum Gasteiger partial charge on any atom is 0.310 e. The average molecular weight is 249 g/mol. The molecule has 0 bridgehead atoms. The van der Waals surface area contributed by atoms with Gasteiger partial charge in [0.2, 0.25) is 0 Å². The van der Waals surface area contributed by atoms with Gasteiger partial charge in [0.25, 0.3) is 0 Å². The summed E-state index contributed by atoms with van der Waals surface area (Å²) < 4.78 is 10.2. The van der Waals surface area contributed by atoms with Crippen LogP contribution in [0.5, 0.6) is 5.75 Å². The molecular weight excluding hydrogens is 230 g/mol. The average Bonchev–Trinajstić information content (AvgIpc) is 2.87. The summed E-state index contributed by atoms with van der Waals surface area (Å²) in [4.78, 5) is 13.7. The van der Waals surface area contributed by atoms with Gasteiger partial charge < -0.3 is 14.4 Å². The Kier molecular flexibility index (Phi) is 3.75. The van der Waals surface area contributed by atoms with Gasteiger partial charge in [-0.1, -0.05) is 6.07 Å². The van der Waals surface area contributed by atoms with Crippen molar-refractivity contribution in [3.05, 3.63) is 23.8 Å². The summed E-state index contributed by atoms with van der Waals surface area (Å²) in [7, 11) is 3.11. The van der Waals surface area contributed by atoms with Gasteiger partial charge >= 0.3 is 5.97 Å². The third-order valence-corrected chi connectivity index (χ3v) is 3.40. The standard InChI is InChI=1S/C14H19NO3/c1-10-4-5-13(17-2)12(8-10)15-7-6-11(9-15)14(16)18-3/h4-5,8,11H,6-7,9H2,1-3H3. The number of nitrogens with zero attached hydrogens (tertiary/aromatic N) is 1. The number of esters is 1. The molecule has 1 unspecified atom stereocenters. The molecule has 0 amide bonds. The lowest BCUT2D eigenvalue weighted by molar-refractivity contribution is -0.144. The highest BCUT2D eigenvalue weighted by molar-refractivity contribution is 5.74. The van der Waals surface area contributed by atoms with Crippen molar-refractivity contribution in [1.82, 2.24) is 0 Å². The highest BCUT2D eigenvalue weighted by Crippen LogP contribution is 2.33. The van der Waals surface area contributed by atoms with Crippen molar-refractivity contribution in [3.63, 3.8) is 0 Å². The molecule has 0 aromatic heterocycles. The number of carbonyl (C=O) groups is 1. The fraction of sp³-hybridized carbons (Fsp3) is 0.500. The summed E-state index contributed by atoms with van der Waals surface area (Å²) in [6.07, 6.45) is 0.837. The van der Waals surface area contributed by atoms with Gasteiger partial charge in [-0.15, -0.1) is 0 Å². The molecule has 0 aliphatic carbocycles. The van der Waals surface area contributed by atoms with E-state index in [1.54, 1.807) is 7.11 Å². The molecular formula is C14H19NO3. The minimum absolute atomic E-state index is 0.0276. The number of aryl methyl sites for hydroxylation is 1. The van der Waals surface area contributed by atoms with E-state index in [1.807, 2.05) is 12.1 Å². The Morgan fingerprint density at radius 1 is 1.39 bits per heavy atom. The predicted octanol–water partition coefficient (Wildman–Crippen LogP) is 2.00. The SMILES string of the molecule is COC(=O)C1CCN(c2cc(C)ccc2OC)C1. The summed E-state index contributed by atoms with van der Waals surface area (Å²) in [5.41, 5.74) is 2.25. The second-order valence-electron chi connectivity index (χ2n) is 4.63. The highest BCUT2D eigenvalue weighted by atomic mass is 16.5. The first-order valence-corrected chi connectivity index (χ1v) is 6.13. The number of rotatable bonds is 3. The smallest absolute Gasteiger partial charge is 0.310 e. The van der Waals surface area contributed by atoms with Crippen LogP contribution in [0, 0.1) is 12.8 Å². The summed E-state index contributed by atoms with van der Waals surface area (Å²) in [6.45, 7) is 3.61. The molecule has 0 N–H and O–H groups in total. The Labute approximate surface area is 107 Å². The normalized spacial score (nSPS) is 18.8. The van der Waals surface area contributed by atoms with Gasteiger partial charge in [-0.2, -0.15) is 0 Å². The fourth-order valence-electron chi connectivity index (χ4n) is 2.39. The third kappa shape index (κ3) is 2.42. The van der Waals surface area contributed by atoms with Gasteiger partial charge in [-0.25, -0.2) is 0 Å². The van der Waals surface area contributed by atoms with Crippen LogP contribution in [0.4, 0.5) is 5.69 Å². The molecule has 2 rings (SSSR count). The third-order valence-electron chi connectivity index (χ3n) is 3.40. The Bertz CT molecular complexity index is 445. The molecule has 1 heterocycles. The Morgan fingerprint density at radius 2 is 2.17 bits per heavy atom. The molecule has 1 saturated heterocycles. The van der Waals surface area contributed by atoms with Crippen LogP contribution in [-0.2, 0) is 9.53 Å². The van der Waals surface area contributed by atoms with Crippen LogP contribution >= 0.6 is 0 Å². The van der Waals surface area contributed by atoms with Crippen molar-refractivity contribution in [2.45, 2.75) is 13.3 Å². The van der Waals surface area contributed by atoms with E-state index in [9.17, 15) is 4.79 Å². The molecule has 98 valence electrons. The van der Waals surface area contributed by atoms with Crippen LogP contribution < -0.4 is 9.64 Å². The Morgan fingerprint density at radius 3 is 2.83 bits per heavy atom. The lowest BCUT2D eigenvalue weighted by Gasteiger charge is -2.21. The van der Waals surface area contributed by atoms with Crippen LogP contribution in [0.25, 0.3) is 0 Å². The summed E-state index contributed by atoms with van der Waals surface area (Å²) in [5.74, 6) is 0.704. The number of carbonyl (C=O) groups excluding carboxylic acids is 1. The van der Waals surface area contributed by atoms with E-state index in [0.29, 0.717) is 6.54 Å². The second kappa shape index (κ2) is 5.29. The Balaban J connectivity index is 2.18. The zero-order chi connectivity index (χ0) is 13.1. The van der Waals surface area contributed by atoms with Gasteiger partial charge in [-0.05, 0) is 31.0 Å². The molecule has 18 heavy (non-hydrogen) atoms. The van der Waals surface area contributed by atoms with Gasteiger partial charge in [-0.3, -0.25) is 4.79 Å². The fourth-order valence-corrected chi connectivity index (χ4v) is 2.39. The topological polar surface area (TPSA) is 38.8 Å². The van der Waals surface area contributed by atoms with Crippen molar-refractivity contribution in [1.29, 1.82) is 0 Å². The second-order valence-corrected chi connectivity index (χ2v) is 4.63. The van der Waals surface area contributed by atoms with Gasteiger partial charge in [0, 0.05) is 13.1 Å². The first kappa shape index (κ1) is 12.7. The van der Waals surface area contributed by atoms with Gasteiger partial charge in [0.15, 0.2) is 0 Å². The van der Waals surface area contributed by atoms with Gasteiger partial charge in [0.1, 0.15) is 5.75 Å². The molecule has 1 atom stereocenters. The molecule has 1 aromatic carbocycles. The van der Waals surface area contributed by atoms with Crippen LogP contribution in [0.1, 0.15) is 12.0 Å². The van der Waals surface area contributed by atoms with Crippen molar-refractivity contribution < 1.29 is 14.3 Å². The molecule has 1 aliphatic rings. The van der Waals surface area contributed by atoms with Crippen molar-refractivity contribution in [2.75, 3.05) is 32.2 Å². The quantitative estimate of drug-likeness (QED) is 0.768. The molecule has 0 spiro atoms. The van der Waals surface area contributed by atoms with E-state index in [4.69, 9.17) is 9.47 Å². The van der Waals surface area contributed by atoms with E-state index in [-0.39, 0.29) is 11.9 Å². The summed E-state index contributed by atoms with van der Waals surface area (Å²) in [5, 5.41) is 0. The molecule has 0 saturated carbocycles. The first-order chi connectivity index (χ1) is 8.65. The van der Waals surface area contributed by atoms with E-state index in [2.05, 4.69) is 17.9 Å². The van der Waals surface area contributed by atoms with E-state index in [0.717, 1.165) is 24.4 Å². The van der Waals surface area contributed by atoms with Crippen LogP contribution in [0.3, 0.4) is 0 Å². The zero-order valence-corrected chi connectivity index (χ0v) is 11.1. The lowest BCUT2D eigenvalue weighted by atomic mass is 10.1. The van der Waals surface area contributed by atoms with Crippen molar-refractivity contribution in [2.24, 2.45) is 5.92 Å². The van der Waals surface area contributed by atoms with Crippen LogP contribution in [0.2, 0.25) is 0 Å². The molecule has 4 nitrogen and oxygen atoms in total. The molecule has 1 aliphatic heterocycles. The lowest BCUT2D eigenvalue weighted by Crippen LogP contribution is -2.24. The number of hydrogen-bond donors (Lipinski definition) is 0. The summed E-state index contributed by atoms with van der Waals surface area (Å²) >= 11 is 0. The van der Waals surface area contributed by atoms with Gasteiger partial charge in [0.05, 0.1) is 25.8 Å². The largest absolute Gasteiger partial charge is 0.495 e. The van der Waals surface area contributed by atoms with E-state index < -0.39 is 0 Å². The number of hydrogen-bond acceptors (Lipinski definition) is 4. The zero-order valence-electron chi connectivity index (χ0n) is 11.1. The van der Waals surface area contributed by atoms with Crippen molar-refractivity contribution in [3.8, 4) is 5.75 Å². The minimum Gasteiger partial charge on any atom is -0.495 e. The number of benzene rings is 1. The minimum atomic E-state index is -0.121.